The van der Waals surface area contributed by atoms with Crippen molar-refractivity contribution in [3.63, 3.8) is 0 Å². The van der Waals surface area contributed by atoms with Gasteiger partial charge in [-0.05, 0) is 37.6 Å². The molecule has 2 N–H and O–H groups in total. The molecular formula is C23H23F2N5O2. The van der Waals surface area contributed by atoms with Crippen LogP contribution in [0.15, 0.2) is 54.9 Å². The monoisotopic (exact) mass is 439 g/mol. The summed E-state index contributed by atoms with van der Waals surface area (Å²) in [5, 5.41) is 12.2. The van der Waals surface area contributed by atoms with Gasteiger partial charge in [0.25, 0.3) is 0 Å². The zero-order valence-electron chi connectivity index (χ0n) is 17.7. The molecule has 2 aromatic heterocycles. The summed E-state index contributed by atoms with van der Waals surface area (Å²) in [7, 11) is 0. The highest BCUT2D eigenvalue weighted by molar-refractivity contribution is 5.82. The van der Waals surface area contributed by atoms with Crippen molar-refractivity contribution in [2.75, 3.05) is 11.9 Å². The molecule has 32 heavy (non-hydrogen) atoms. The number of aliphatic hydroxyl groups is 1. The minimum absolute atomic E-state index is 0.0173. The number of rotatable bonds is 8. The summed E-state index contributed by atoms with van der Waals surface area (Å²) in [6.07, 6.45) is 3.42. The van der Waals surface area contributed by atoms with Gasteiger partial charge in [-0.25, -0.2) is 15.0 Å². The highest BCUT2D eigenvalue weighted by Gasteiger charge is 2.14. The summed E-state index contributed by atoms with van der Waals surface area (Å²) >= 11 is 0. The van der Waals surface area contributed by atoms with E-state index in [1.165, 1.54) is 6.07 Å². The smallest absolute Gasteiger partial charge is 0.387 e. The van der Waals surface area contributed by atoms with Crippen LogP contribution < -0.4 is 10.1 Å². The molecule has 0 unspecified atom stereocenters. The molecule has 4 rings (SSSR count). The molecule has 0 spiro atoms. The summed E-state index contributed by atoms with van der Waals surface area (Å²) in [5.41, 5.74) is 4.02. The molecule has 4 aromatic rings. The lowest BCUT2D eigenvalue weighted by Gasteiger charge is -2.13. The third-order valence-electron chi connectivity index (χ3n) is 5.09. The van der Waals surface area contributed by atoms with Crippen molar-refractivity contribution in [2.45, 2.75) is 33.0 Å². The van der Waals surface area contributed by atoms with E-state index in [1.807, 2.05) is 36.6 Å². The highest BCUT2D eigenvalue weighted by Crippen LogP contribution is 2.27. The number of nitrogens with one attached hydrogen (secondary N) is 1. The fourth-order valence-electron chi connectivity index (χ4n) is 3.46. The van der Waals surface area contributed by atoms with Gasteiger partial charge in [0.05, 0.1) is 24.2 Å². The molecule has 0 amide bonds. The maximum Gasteiger partial charge on any atom is 0.387 e. The van der Waals surface area contributed by atoms with Crippen LogP contribution in [-0.4, -0.2) is 43.9 Å². The minimum atomic E-state index is -2.89. The molecule has 9 heteroatoms. The highest BCUT2D eigenvalue weighted by atomic mass is 19.3. The zero-order chi connectivity index (χ0) is 22.7. The van der Waals surface area contributed by atoms with E-state index in [9.17, 15) is 8.78 Å². The van der Waals surface area contributed by atoms with E-state index in [2.05, 4.69) is 25.0 Å². The van der Waals surface area contributed by atoms with E-state index in [4.69, 9.17) is 5.11 Å². The van der Waals surface area contributed by atoms with Crippen molar-refractivity contribution in [3.05, 3.63) is 66.2 Å². The lowest BCUT2D eigenvalue weighted by atomic mass is 10.1. The summed E-state index contributed by atoms with van der Waals surface area (Å²) in [6, 6.07) is 12.4. The predicted molar refractivity (Wildman–Crippen MR) is 118 cm³/mol. The number of benzene rings is 2. The first-order valence-corrected chi connectivity index (χ1v) is 10.1. The van der Waals surface area contributed by atoms with Gasteiger partial charge in [-0.1, -0.05) is 24.3 Å². The molecule has 0 saturated heterocycles. The lowest BCUT2D eigenvalue weighted by molar-refractivity contribution is -0.0504. The van der Waals surface area contributed by atoms with Gasteiger partial charge in [0, 0.05) is 29.6 Å². The molecule has 166 valence electrons. The zero-order valence-corrected chi connectivity index (χ0v) is 17.7. The van der Waals surface area contributed by atoms with Crippen LogP contribution in [0, 0.1) is 6.92 Å². The number of aryl methyl sites for hydroxylation is 1. The molecule has 0 saturated carbocycles. The van der Waals surface area contributed by atoms with Crippen molar-refractivity contribution in [1.82, 2.24) is 19.5 Å². The molecule has 1 atom stereocenters. The number of hydrogen-bond acceptors (Lipinski definition) is 6. The van der Waals surface area contributed by atoms with E-state index in [1.54, 1.807) is 30.6 Å². The number of ether oxygens (including phenoxy) is 1. The van der Waals surface area contributed by atoms with Gasteiger partial charge >= 0.3 is 6.61 Å². The molecule has 2 heterocycles. The Morgan fingerprint density at radius 3 is 2.56 bits per heavy atom. The Balaban J connectivity index is 1.66. The normalized spacial score (nSPS) is 12.3. The fourth-order valence-corrected chi connectivity index (χ4v) is 3.46. The molecular weight excluding hydrogens is 416 g/mol. The van der Waals surface area contributed by atoms with Crippen LogP contribution in [0.4, 0.5) is 14.7 Å². The quantitative estimate of drug-likeness (QED) is 0.427. The second kappa shape index (κ2) is 9.27. The Labute approximate surface area is 183 Å². The van der Waals surface area contributed by atoms with E-state index in [-0.39, 0.29) is 18.4 Å². The topological polar surface area (TPSA) is 85.1 Å². The summed E-state index contributed by atoms with van der Waals surface area (Å²) < 4.78 is 32.2. The number of aromatic nitrogens is 4. The molecule has 7 nitrogen and oxygen atoms in total. The van der Waals surface area contributed by atoms with Gasteiger partial charge in [0.15, 0.2) is 0 Å². The number of alkyl halides is 2. The van der Waals surface area contributed by atoms with Gasteiger partial charge in [-0.3, -0.25) is 0 Å². The van der Waals surface area contributed by atoms with Crippen LogP contribution in [0.3, 0.4) is 0 Å². The van der Waals surface area contributed by atoms with Crippen molar-refractivity contribution < 1.29 is 18.6 Å². The Bertz CT molecular complexity index is 1210. The number of nitrogens with zero attached hydrogens (tertiary/aromatic N) is 4. The molecule has 0 aliphatic carbocycles. The van der Waals surface area contributed by atoms with Crippen molar-refractivity contribution in [2.24, 2.45) is 0 Å². The average molecular weight is 439 g/mol. The number of aliphatic hydroxyl groups excluding tert-OH is 1. The van der Waals surface area contributed by atoms with Crippen molar-refractivity contribution in [1.29, 1.82) is 0 Å². The number of anilines is 1. The Kier molecular flexibility index (Phi) is 6.27. The first-order chi connectivity index (χ1) is 15.4. The van der Waals surface area contributed by atoms with Gasteiger partial charge in [0.2, 0.25) is 5.95 Å². The molecule has 0 bridgehead atoms. The average Bonchev–Trinajstić information content (AvgIpc) is 3.09. The number of fused-ring (bicyclic) bond motifs is 1. The van der Waals surface area contributed by atoms with E-state index < -0.39 is 6.61 Å². The summed E-state index contributed by atoms with van der Waals surface area (Å²) in [5.74, 6) is 1.35. The summed E-state index contributed by atoms with van der Waals surface area (Å²) in [6.45, 7) is 1.15. The van der Waals surface area contributed by atoms with Crippen LogP contribution in [0.2, 0.25) is 0 Å². The van der Waals surface area contributed by atoms with E-state index in [0.717, 1.165) is 28.0 Å². The van der Waals surface area contributed by atoms with Gasteiger partial charge in [-0.15, -0.1) is 0 Å². The van der Waals surface area contributed by atoms with E-state index in [0.29, 0.717) is 18.1 Å². The predicted octanol–water partition coefficient (Wildman–Crippen LogP) is 4.24. The Hall–Kier alpha value is -3.59. The summed E-state index contributed by atoms with van der Waals surface area (Å²) in [4.78, 5) is 13.2. The van der Waals surface area contributed by atoms with E-state index >= 15 is 0 Å². The first-order valence-electron chi connectivity index (χ1n) is 10.1. The van der Waals surface area contributed by atoms with Crippen LogP contribution in [0.25, 0.3) is 22.2 Å². The Morgan fingerprint density at radius 2 is 1.84 bits per heavy atom. The molecule has 0 fully saturated rings. The SMILES string of the molecule is Cc1nc2ccc(-c3cnc(N[C@@H](C)CO)nc3)cc2n1Cc1ccccc1OC(F)F. The van der Waals surface area contributed by atoms with Crippen LogP contribution in [0.1, 0.15) is 18.3 Å². The number of imidazole rings is 1. The van der Waals surface area contributed by atoms with Crippen molar-refractivity contribution in [3.8, 4) is 16.9 Å². The molecule has 2 aromatic carbocycles. The number of halogens is 2. The molecule has 0 radical (unpaired) electrons. The third-order valence-corrected chi connectivity index (χ3v) is 5.09. The second-order valence-electron chi connectivity index (χ2n) is 7.46. The third kappa shape index (κ3) is 4.67. The lowest BCUT2D eigenvalue weighted by Crippen LogP contribution is -2.20. The van der Waals surface area contributed by atoms with Gasteiger partial charge < -0.3 is 19.7 Å². The maximum absolute atomic E-state index is 12.8. The van der Waals surface area contributed by atoms with Crippen LogP contribution in [-0.2, 0) is 6.54 Å². The van der Waals surface area contributed by atoms with Gasteiger partial charge in [-0.2, -0.15) is 8.78 Å². The standard InChI is InChI=1S/C23H23F2N5O2/c1-14(13-31)28-23-26-10-18(11-27-23)16-7-8-19-20(9-16)30(15(2)29-19)12-17-5-3-4-6-21(17)32-22(24)25/h3-11,14,22,31H,12-13H2,1-2H3,(H,26,27,28)/t14-/m0/s1. The Morgan fingerprint density at radius 1 is 1.09 bits per heavy atom. The number of hydrogen-bond donors (Lipinski definition) is 2. The van der Waals surface area contributed by atoms with Crippen molar-refractivity contribution >= 4 is 17.0 Å². The maximum atomic E-state index is 12.8. The van der Waals surface area contributed by atoms with Crippen LogP contribution in [0.5, 0.6) is 5.75 Å². The van der Waals surface area contributed by atoms with Gasteiger partial charge in [0.1, 0.15) is 11.6 Å². The molecule has 0 aliphatic heterocycles. The fraction of sp³-hybridized carbons (Fsp3) is 0.261. The second-order valence-corrected chi connectivity index (χ2v) is 7.46. The molecule has 0 aliphatic rings. The minimum Gasteiger partial charge on any atom is -0.434 e. The first kappa shape index (κ1) is 21.6. The largest absolute Gasteiger partial charge is 0.434 e. The van der Waals surface area contributed by atoms with Crippen LogP contribution >= 0.6 is 0 Å². The number of para-hydroxylation sites is 1.